The fourth-order valence-corrected chi connectivity index (χ4v) is 0.763. The zero-order valence-corrected chi connectivity index (χ0v) is 7.27. The summed E-state index contributed by atoms with van der Waals surface area (Å²) < 4.78 is 0. The summed E-state index contributed by atoms with van der Waals surface area (Å²) in [5, 5.41) is 0. The fourth-order valence-electron chi connectivity index (χ4n) is 0.763. The lowest BCUT2D eigenvalue weighted by atomic mass is 10.1. The highest BCUT2D eigenvalue weighted by atomic mass is 14.0. The Morgan fingerprint density at radius 3 is 2.27 bits per heavy atom. The maximum absolute atomic E-state index is 3.83. The van der Waals surface area contributed by atoms with Crippen LogP contribution in [-0.4, -0.2) is 0 Å². The Hall–Kier alpha value is -1.04. The molecule has 0 spiro atoms. The monoisotopic (exact) mass is 148 g/mol. The van der Waals surface area contributed by atoms with Gasteiger partial charge in [0.05, 0.1) is 0 Å². The second-order valence-corrected chi connectivity index (χ2v) is 2.64. The molecule has 0 saturated heterocycles. The van der Waals surface area contributed by atoms with Crippen molar-refractivity contribution in [3.05, 3.63) is 49.1 Å². The van der Waals surface area contributed by atoms with Crippen molar-refractivity contribution in [1.82, 2.24) is 0 Å². The molecule has 0 heterocycles. The Morgan fingerprint density at radius 2 is 1.91 bits per heavy atom. The van der Waals surface area contributed by atoms with Crippen LogP contribution < -0.4 is 0 Å². The SMILES string of the molecule is C=C/C=C(\C=C)CCC(=C)C. The lowest BCUT2D eigenvalue weighted by molar-refractivity contribution is 0.951. The summed E-state index contributed by atoms with van der Waals surface area (Å²) >= 11 is 0. The van der Waals surface area contributed by atoms with E-state index in [1.54, 1.807) is 6.08 Å². The maximum Gasteiger partial charge on any atom is -0.0242 e. The molecule has 0 aliphatic carbocycles. The van der Waals surface area contributed by atoms with E-state index in [2.05, 4.69) is 19.7 Å². The summed E-state index contributed by atoms with van der Waals surface area (Å²) in [6.45, 7) is 13.2. The largest absolute Gasteiger partial charge is 0.100 e. The quantitative estimate of drug-likeness (QED) is 0.412. The predicted molar refractivity (Wildman–Crippen MR) is 52.5 cm³/mol. The second kappa shape index (κ2) is 5.72. The van der Waals surface area contributed by atoms with Gasteiger partial charge in [-0.3, -0.25) is 0 Å². The molecule has 60 valence electrons. The van der Waals surface area contributed by atoms with Crippen LogP contribution in [0.5, 0.6) is 0 Å². The van der Waals surface area contributed by atoms with Gasteiger partial charge in [-0.1, -0.05) is 37.0 Å². The third kappa shape index (κ3) is 5.41. The molecule has 0 amide bonds. The maximum atomic E-state index is 3.83. The van der Waals surface area contributed by atoms with Crippen molar-refractivity contribution in [2.45, 2.75) is 19.8 Å². The van der Waals surface area contributed by atoms with Crippen LogP contribution in [0.2, 0.25) is 0 Å². The normalized spacial score (nSPS) is 10.8. The molecule has 0 aliphatic rings. The van der Waals surface area contributed by atoms with Crippen molar-refractivity contribution in [2.75, 3.05) is 0 Å². The molecule has 0 unspecified atom stereocenters. The van der Waals surface area contributed by atoms with Gasteiger partial charge in [0, 0.05) is 0 Å². The molecular formula is C11H16. The van der Waals surface area contributed by atoms with Gasteiger partial charge >= 0.3 is 0 Å². The van der Waals surface area contributed by atoms with E-state index in [4.69, 9.17) is 0 Å². The molecule has 0 aromatic rings. The first-order chi connectivity index (χ1) is 5.20. The first kappa shape index (κ1) is 9.96. The first-order valence-corrected chi connectivity index (χ1v) is 3.79. The highest BCUT2D eigenvalue weighted by molar-refractivity contribution is 5.21. The molecule has 0 aromatic heterocycles. The van der Waals surface area contributed by atoms with Gasteiger partial charge in [0.1, 0.15) is 0 Å². The minimum atomic E-state index is 1.02. The zero-order chi connectivity index (χ0) is 8.69. The molecule has 0 atom stereocenters. The molecule has 0 aromatic carbocycles. The molecule has 0 radical (unpaired) electrons. The van der Waals surface area contributed by atoms with E-state index in [1.165, 1.54) is 11.1 Å². The van der Waals surface area contributed by atoms with Gasteiger partial charge in [-0.25, -0.2) is 0 Å². The summed E-state index contributed by atoms with van der Waals surface area (Å²) in [4.78, 5) is 0. The lowest BCUT2D eigenvalue weighted by Crippen LogP contribution is -1.79. The number of hydrogen-bond donors (Lipinski definition) is 0. The van der Waals surface area contributed by atoms with Gasteiger partial charge in [-0.15, -0.1) is 6.58 Å². The molecular weight excluding hydrogens is 132 g/mol. The van der Waals surface area contributed by atoms with Gasteiger partial charge in [0.15, 0.2) is 0 Å². The molecule has 0 nitrogen and oxygen atoms in total. The summed E-state index contributed by atoms with van der Waals surface area (Å²) in [5.41, 5.74) is 2.44. The summed E-state index contributed by atoms with van der Waals surface area (Å²) in [6.07, 6.45) is 7.69. The Labute approximate surface area is 69.6 Å². The number of allylic oxidation sites excluding steroid dienone is 5. The average molecular weight is 148 g/mol. The summed E-state index contributed by atoms with van der Waals surface area (Å²) in [5.74, 6) is 0. The van der Waals surface area contributed by atoms with Crippen LogP contribution in [0.3, 0.4) is 0 Å². The van der Waals surface area contributed by atoms with Crippen molar-refractivity contribution in [2.24, 2.45) is 0 Å². The highest BCUT2D eigenvalue weighted by Crippen LogP contribution is 2.10. The van der Waals surface area contributed by atoms with Crippen molar-refractivity contribution < 1.29 is 0 Å². The van der Waals surface area contributed by atoms with Crippen LogP contribution in [0.25, 0.3) is 0 Å². The third-order valence-corrected chi connectivity index (χ3v) is 1.43. The van der Waals surface area contributed by atoms with Gasteiger partial charge in [-0.2, -0.15) is 0 Å². The van der Waals surface area contributed by atoms with Crippen LogP contribution in [0.4, 0.5) is 0 Å². The van der Waals surface area contributed by atoms with Crippen LogP contribution in [0, 0.1) is 0 Å². The molecule has 0 fully saturated rings. The molecule has 0 heteroatoms. The minimum absolute atomic E-state index is 1.02. The van der Waals surface area contributed by atoms with Gasteiger partial charge in [0.25, 0.3) is 0 Å². The first-order valence-electron chi connectivity index (χ1n) is 3.79. The Kier molecular flexibility index (Phi) is 5.18. The van der Waals surface area contributed by atoms with Crippen molar-refractivity contribution in [1.29, 1.82) is 0 Å². The predicted octanol–water partition coefficient (Wildman–Crippen LogP) is 3.64. The Balaban J connectivity index is 3.88. The van der Waals surface area contributed by atoms with Gasteiger partial charge in [-0.05, 0) is 25.3 Å². The lowest BCUT2D eigenvalue weighted by Gasteiger charge is -1.99. The second-order valence-electron chi connectivity index (χ2n) is 2.64. The van der Waals surface area contributed by atoms with E-state index in [0.717, 1.165) is 12.8 Å². The Morgan fingerprint density at radius 1 is 1.27 bits per heavy atom. The number of rotatable bonds is 5. The molecule has 0 rings (SSSR count). The average Bonchev–Trinajstić information content (AvgIpc) is 1.97. The van der Waals surface area contributed by atoms with Crippen LogP contribution in [0.15, 0.2) is 49.1 Å². The van der Waals surface area contributed by atoms with E-state index >= 15 is 0 Å². The molecule has 0 N–H and O–H groups in total. The fraction of sp³-hybridized carbons (Fsp3) is 0.273. The van der Waals surface area contributed by atoms with E-state index in [-0.39, 0.29) is 0 Å². The summed E-state index contributed by atoms with van der Waals surface area (Å²) in [6, 6.07) is 0. The zero-order valence-electron chi connectivity index (χ0n) is 7.27. The topological polar surface area (TPSA) is 0 Å². The minimum Gasteiger partial charge on any atom is -0.100 e. The van der Waals surface area contributed by atoms with Crippen LogP contribution >= 0.6 is 0 Å². The smallest absolute Gasteiger partial charge is 0.0242 e. The van der Waals surface area contributed by atoms with E-state index < -0.39 is 0 Å². The van der Waals surface area contributed by atoms with Crippen LogP contribution in [-0.2, 0) is 0 Å². The molecule has 0 aliphatic heterocycles. The molecule has 11 heavy (non-hydrogen) atoms. The van der Waals surface area contributed by atoms with E-state index in [9.17, 15) is 0 Å². The van der Waals surface area contributed by atoms with Gasteiger partial charge < -0.3 is 0 Å². The third-order valence-electron chi connectivity index (χ3n) is 1.43. The standard InChI is InChI=1S/C11H16/c1-5-7-11(6-2)9-8-10(3)4/h5-7H,1-3,8-9H2,4H3/b11-7+. The van der Waals surface area contributed by atoms with Crippen molar-refractivity contribution >= 4 is 0 Å². The van der Waals surface area contributed by atoms with E-state index in [1.807, 2.05) is 19.1 Å². The van der Waals surface area contributed by atoms with Gasteiger partial charge in [0.2, 0.25) is 0 Å². The van der Waals surface area contributed by atoms with E-state index in [0.29, 0.717) is 0 Å². The molecule has 0 bridgehead atoms. The Bertz CT molecular complexity index is 182. The molecule has 0 saturated carbocycles. The highest BCUT2D eigenvalue weighted by Gasteiger charge is 1.90. The summed E-state index contributed by atoms with van der Waals surface area (Å²) in [7, 11) is 0. The van der Waals surface area contributed by atoms with Crippen LogP contribution in [0.1, 0.15) is 19.8 Å². The van der Waals surface area contributed by atoms with Crippen molar-refractivity contribution in [3.63, 3.8) is 0 Å². The number of hydrogen-bond acceptors (Lipinski definition) is 0. The van der Waals surface area contributed by atoms with Crippen molar-refractivity contribution in [3.8, 4) is 0 Å².